The van der Waals surface area contributed by atoms with Crippen molar-refractivity contribution >= 4 is 0 Å². The Morgan fingerprint density at radius 1 is 1.38 bits per heavy atom. The molecule has 0 bridgehead atoms. The van der Waals surface area contributed by atoms with Crippen LogP contribution < -0.4 is 0 Å². The number of nitrogens with zero attached hydrogens (tertiary/aromatic N) is 1. The summed E-state index contributed by atoms with van der Waals surface area (Å²) in [4.78, 5) is 2.27. The number of phenolic OH excluding ortho intramolecular Hbond substituents is 1. The van der Waals surface area contributed by atoms with E-state index in [4.69, 9.17) is 0 Å². The third kappa shape index (κ3) is 2.73. The Morgan fingerprint density at radius 3 is 2.75 bits per heavy atom. The van der Waals surface area contributed by atoms with Crippen molar-refractivity contribution in [3.63, 3.8) is 0 Å². The smallest absolute Gasteiger partial charge is 0.123 e. The average Bonchev–Trinajstić information content (AvgIpc) is 2.27. The van der Waals surface area contributed by atoms with Crippen LogP contribution in [0.2, 0.25) is 0 Å². The minimum Gasteiger partial charge on any atom is -0.508 e. The fraction of sp³-hybridized carbons (Fsp3) is 0.538. The topological polar surface area (TPSA) is 23.5 Å². The Hall–Kier alpha value is -1.09. The van der Waals surface area contributed by atoms with Crippen LogP contribution in [-0.2, 0) is 6.54 Å². The SMILES string of the molecule is CC1CCN(Cc2cc(F)ccc2O)CC1. The number of likely N-dealkylation sites (tertiary alicyclic amines) is 1. The monoisotopic (exact) mass is 223 g/mol. The summed E-state index contributed by atoms with van der Waals surface area (Å²) in [7, 11) is 0. The summed E-state index contributed by atoms with van der Waals surface area (Å²) in [5.74, 6) is 0.704. The molecule has 0 saturated carbocycles. The molecule has 1 saturated heterocycles. The van der Waals surface area contributed by atoms with Gasteiger partial charge in [-0.2, -0.15) is 0 Å². The highest BCUT2D eigenvalue weighted by molar-refractivity contribution is 5.32. The quantitative estimate of drug-likeness (QED) is 0.833. The Balaban J connectivity index is 2.00. The van der Waals surface area contributed by atoms with Crippen molar-refractivity contribution in [1.82, 2.24) is 4.90 Å². The third-order valence-corrected chi connectivity index (χ3v) is 3.31. The first kappa shape index (κ1) is 11.4. The van der Waals surface area contributed by atoms with Crippen LogP contribution in [0, 0.1) is 11.7 Å². The van der Waals surface area contributed by atoms with Gasteiger partial charge in [0.15, 0.2) is 0 Å². The maximum absolute atomic E-state index is 13.0. The minimum absolute atomic E-state index is 0.194. The summed E-state index contributed by atoms with van der Waals surface area (Å²) in [5, 5.41) is 9.62. The second-order valence-electron chi connectivity index (χ2n) is 4.73. The van der Waals surface area contributed by atoms with E-state index in [1.54, 1.807) is 0 Å². The second-order valence-corrected chi connectivity index (χ2v) is 4.73. The van der Waals surface area contributed by atoms with Crippen LogP contribution in [0.4, 0.5) is 4.39 Å². The summed E-state index contributed by atoms with van der Waals surface area (Å²) < 4.78 is 13.0. The standard InChI is InChI=1S/C13H18FNO/c1-10-4-6-15(7-5-10)9-11-8-12(14)2-3-13(11)16/h2-3,8,10,16H,4-7,9H2,1H3. The second kappa shape index (κ2) is 4.83. The number of hydrogen-bond acceptors (Lipinski definition) is 2. The Labute approximate surface area is 95.7 Å². The van der Waals surface area contributed by atoms with Crippen LogP contribution in [0.15, 0.2) is 18.2 Å². The molecule has 1 aromatic rings. The molecule has 0 unspecified atom stereocenters. The first-order valence-electron chi connectivity index (χ1n) is 5.85. The van der Waals surface area contributed by atoms with Gasteiger partial charge in [-0.1, -0.05) is 6.92 Å². The van der Waals surface area contributed by atoms with E-state index in [-0.39, 0.29) is 11.6 Å². The van der Waals surface area contributed by atoms with E-state index >= 15 is 0 Å². The number of rotatable bonds is 2. The summed E-state index contributed by atoms with van der Waals surface area (Å²) in [5.41, 5.74) is 0.689. The van der Waals surface area contributed by atoms with Crippen molar-refractivity contribution < 1.29 is 9.50 Å². The van der Waals surface area contributed by atoms with E-state index in [1.807, 2.05) is 0 Å². The summed E-state index contributed by atoms with van der Waals surface area (Å²) >= 11 is 0. The summed E-state index contributed by atoms with van der Waals surface area (Å²) in [6.07, 6.45) is 2.38. The van der Waals surface area contributed by atoms with E-state index in [1.165, 1.54) is 31.0 Å². The molecule has 1 aliphatic rings. The molecule has 0 aromatic heterocycles. The average molecular weight is 223 g/mol. The lowest BCUT2D eigenvalue weighted by Gasteiger charge is -2.30. The molecule has 0 radical (unpaired) electrons. The lowest BCUT2D eigenvalue weighted by molar-refractivity contribution is 0.183. The molecule has 0 amide bonds. The van der Waals surface area contributed by atoms with Crippen LogP contribution in [-0.4, -0.2) is 23.1 Å². The number of hydrogen-bond donors (Lipinski definition) is 1. The van der Waals surface area contributed by atoms with Crippen molar-refractivity contribution in [2.75, 3.05) is 13.1 Å². The van der Waals surface area contributed by atoms with E-state index in [9.17, 15) is 9.50 Å². The first-order valence-corrected chi connectivity index (χ1v) is 5.85. The normalized spacial score (nSPS) is 18.9. The van der Waals surface area contributed by atoms with Gasteiger partial charge in [0.05, 0.1) is 0 Å². The lowest BCUT2D eigenvalue weighted by atomic mass is 9.99. The van der Waals surface area contributed by atoms with Crippen molar-refractivity contribution in [3.8, 4) is 5.75 Å². The molecular weight excluding hydrogens is 205 g/mol. The summed E-state index contributed by atoms with van der Waals surface area (Å²) in [6.45, 7) is 4.99. The number of benzene rings is 1. The molecule has 1 aliphatic heterocycles. The molecule has 0 atom stereocenters. The van der Waals surface area contributed by atoms with Gasteiger partial charge >= 0.3 is 0 Å². The molecule has 3 heteroatoms. The van der Waals surface area contributed by atoms with Gasteiger partial charge in [0.2, 0.25) is 0 Å². The van der Waals surface area contributed by atoms with Crippen molar-refractivity contribution in [1.29, 1.82) is 0 Å². The minimum atomic E-state index is -0.279. The third-order valence-electron chi connectivity index (χ3n) is 3.31. The fourth-order valence-corrected chi connectivity index (χ4v) is 2.14. The van der Waals surface area contributed by atoms with Crippen LogP contribution in [0.1, 0.15) is 25.3 Å². The lowest BCUT2D eigenvalue weighted by Crippen LogP contribution is -2.32. The predicted octanol–water partition coefficient (Wildman–Crippen LogP) is 2.76. The Bertz CT molecular complexity index is 359. The van der Waals surface area contributed by atoms with Crippen molar-refractivity contribution in [2.45, 2.75) is 26.3 Å². The van der Waals surface area contributed by atoms with Crippen LogP contribution >= 0.6 is 0 Å². The molecule has 16 heavy (non-hydrogen) atoms. The molecule has 2 nitrogen and oxygen atoms in total. The molecule has 2 rings (SSSR count). The first-order chi connectivity index (χ1) is 7.65. The summed E-state index contributed by atoms with van der Waals surface area (Å²) in [6, 6.07) is 4.14. The molecule has 1 aromatic carbocycles. The van der Waals surface area contributed by atoms with Gasteiger partial charge in [-0.3, -0.25) is 4.90 Å². The number of phenols is 1. The molecule has 1 fully saturated rings. The predicted molar refractivity (Wildman–Crippen MR) is 61.7 cm³/mol. The zero-order valence-corrected chi connectivity index (χ0v) is 9.62. The molecule has 88 valence electrons. The van der Waals surface area contributed by atoms with Crippen LogP contribution in [0.5, 0.6) is 5.75 Å². The Morgan fingerprint density at radius 2 is 2.06 bits per heavy atom. The largest absolute Gasteiger partial charge is 0.508 e. The zero-order chi connectivity index (χ0) is 11.5. The molecule has 0 aliphatic carbocycles. The van der Waals surface area contributed by atoms with E-state index in [2.05, 4.69) is 11.8 Å². The highest BCUT2D eigenvalue weighted by Crippen LogP contribution is 2.23. The Kier molecular flexibility index (Phi) is 3.44. The van der Waals surface area contributed by atoms with Gasteiger partial charge in [-0.15, -0.1) is 0 Å². The van der Waals surface area contributed by atoms with Gasteiger partial charge in [-0.05, 0) is 50.0 Å². The van der Waals surface area contributed by atoms with Crippen molar-refractivity contribution in [2.24, 2.45) is 5.92 Å². The van der Waals surface area contributed by atoms with Gasteiger partial charge in [-0.25, -0.2) is 4.39 Å². The maximum Gasteiger partial charge on any atom is 0.123 e. The highest BCUT2D eigenvalue weighted by Gasteiger charge is 2.16. The van der Waals surface area contributed by atoms with Gasteiger partial charge < -0.3 is 5.11 Å². The molecule has 1 heterocycles. The molecule has 1 N–H and O–H groups in total. The maximum atomic E-state index is 13.0. The number of piperidine rings is 1. The molecule has 0 spiro atoms. The number of aromatic hydroxyl groups is 1. The molecular formula is C13H18FNO. The van der Waals surface area contributed by atoms with E-state index in [0.29, 0.717) is 12.1 Å². The van der Waals surface area contributed by atoms with Crippen LogP contribution in [0.3, 0.4) is 0 Å². The van der Waals surface area contributed by atoms with Gasteiger partial charge in [0, 0.05) is 12.1 Å². The number of halogens is 1. The van der Waals surface area contributed by atoms with Crippen LogP contribution in [0.25, 0.3) is 0 Å². The highest BCUT2D eigenvalue weighted by atomic mass is 19.1. The van der Waals surface area contributed by atoms with Gasteiger partial charge in [0.1, 0.15) is 11.6 Å². The van der Waals surface area contributed by atoms with E-state index < -0.39 is 0 Å². The van der Waals surface area contributed by atoms with E-state index in [0.717, 1.165) is 19.0 Å². The fourth-order valence-electron chi connectivity index (χ4n) is 2.14. The zero-order valence-electron chi connectivity index (χ0n) is 9.62. The van der Waals surface area contributed by atoms with Gasteiger partial charge in [0.25, 0.3) is 0 Å². The van der Waals surface area contributed by atoms with Crippen molar-refractivity contribution in [3.05, 3.63) is 29.6 Å².